The van der Waals surface area contributed by atoms with E-state index >= 15 is 0 Å². The van der Waals surface area contributed by atoms with Gasteiger partial charge in [-0.1, -0.05) is 0 Å². The van der Waals surface area contributed by atoms with Crippen LogP contribution in [-0.4, -0.2) is 39.3 Å². The second kappa shape index (κ2) is 6.42. The summed E-state index contributed by atoms with van der Waals surface area (Å²) >= 11 is 0. The SMILES string of the molecule is NS(=O)(=O)c1cc(C(=O)O)ccc1OCC1CCOCC1. The van der Waals surface area contributed by atoms with Crippen LogP contribution in [0.1, 0.15) is 23.2 Å². The average Bonchev–Trinajstić information content (AvgIpc) is 2.45. The summed E-state index contributed by atoms with van der Waals surface area (Å²) in [5.41, 5.74) is -0.155. The molecule has 0 aliphatic carbocycles. The van der Waals surface area contributed by atoms with Crippen LogP contribution in [0.3, 0.4) is 0 Å². The van der Waals surface area contributed by atoms with Crippen LogP contribution in [0.4, 0.5) is 0 Å². The third-order valence-corrected chi connectivity index (χ3v) is 4.24. The van der Waals surface area contributed by atoms with Crippen LogP contribution in [0.25, 0.3) is 0 Å². The molecule has 0 bridgehead atoms. The number of sulfonamides is 1. The molecule has 116 valence electrons. The van der Waals surface area contributed by atoms with Crippen molar-refractivity contribution < 1.29 is 27.8 Å². The Kier molecular flexibility index (Phi) is 4.81. The van der Waals surface area contributed by atoms with Gasteiger partial charge in [-0.05, 0) is 37.0 Å². The van der Waals surface area contributed by atoms with Crippen molar-refractivity contribution in [1.29, 1.82) is 0 Å². The zero-order chi connectivity index (χ0) is 15.5. The molecule has 8 heteroatoms. The van der Waals surface area contributed by atoms with E-state index in [2.05, 4.69) is 0 Å². The van der Waals surface area contributed by atoms with Gasteiger partial charge in [-0.25, -0.2) is 18.4 Å². The highest BCUT2D eigenvalue weighted by Gasteiger charge is 2.20. The summed E-state index contributed by atoms with van der Waals surface area (Å²) < 4.78 is 33.9. The highest BCUT2D eigenvalue weighted by atomic mass is 32.2. The van der Waals surface area contributed by atoms with Gasteiger partial charge in [0.05, 0.1) is 12.2 Å². The van der Waals surface area contributed by atoms with Crippen LogP contribution < -0.4 is 9.88 Å². The summed E-state index contributed by atoms with van der Waals surface area (Å²) in [6.07, 6.45) is 1.69. The van der Waals surface area contributed by atoms with Crippen molar-refractivity contribution in [3.63, 3.8) is 0 Å². The number of carboxylic acids is 1. The zero-order valence-electron chi connectivity index (χ0n) is 11.3. The lowest BCUT2D eigenvalue weighted by Crippen LogP contribution is -2.22. The lowest BCUT2D eigenvalue weighted by molar-refractivity contribution is 0.0492. The molecule has 0 spiro atoms. The molecule has 0 aromatic heterocycles. The van der Waals surface area contributed by atoms with Gasteiger partial charge in [-0.15, -0.1) is 0 Å². The minimum Gasteiger partial charge on any atom is -0.492 e. The van der Waals surface area contributed by atoms with E-state index < -0.39 is 16.0 Å². The summed E-state index contributed by atoms with van der Waals surface area (Å²) in [7, 11) is -4.06. The van der Waals surface area contributed by atoms with Gasteiger partial charge >= 0.3 is 5.97 Å². The predicted molar refractivity (Wildman–Crippen MR) is 73.8 cm³/mol. The fourth-order valence-corrected chi connectivity index (χ4v) is 2.80. The van der Waals surface area contributed by atoms with Gasteiger partial charge in [0.2, 0.25) is 10.0 Å². The van der Waals surface area contributed by atoms with Crippen molar-refractivity contribution >= 4 is 16.0 Å². The van der Waals surface area contributed by atoms with Gasteiger partial charge < -0.3 is 14.6 Å². The van der Waals surface area contributed by atoms with E-state index in [-0.39, 0.29) is 22.1 Å². The molecular weight excluding hydrogens is 298 g/mol. The molecule has 1 fully saturated rings. The Hall–Kier alpha value is -1.64. The average molecular weight is 315 g/mol. The number of benzene rings is 1. The number of nitrogens with two attached hydrogens (primary N) is 1. The highest BCUT2D eigenvalue weighted by molar-refractivity contribution is 7.89. The molecule has 3 N–H and O–H groups in total. The second-order valence-corrected chi connectivity index (χ2v) is 6.41. The van der Waals surface area contributed by atoms with Gasteiger partial charge in [0, 0.05) is 13.2 Å². The Bertz CT molecular complexity index is 622. The number of primary sulfonamides is 1. The third-order valence-electron chi connectivity index (χ3n) is 3.31. The van der Waals surface area contributed by atoms with E-state index in [9.17, 15) is 13.2 Å². The van der Waals surface area contributed by atoms with Crippen LogP contribution in [0.15, 0.2) is 23.1 Å². The van der Waals surface area contributed by atoms with Crippen molar-refractivity contribution in [2.24, 2.45) is 11.1 Å². The fourth-order valence-electron chi connectivity index (χ4n) is 2.10. The predicted octanol–water partition coefficient (Wildman–Crippen LogP) is 0.838. The largest absolute Gasteiger partial charge is 0.492 e. The van der Waals surface area contributed by atoms with Gasteiger partial charge in [-0.3, -0.25) is 0 Å². The summed E-state index contributed by atoms with van der Waals surface area (Å²) in [6, 6.07) is 3.62. The van der Waals surface area contributed by atoms with E-state index in [1.807, 2.05) is 0 Å². The quantitative estimate of drug-likeness (QED) is 0.831. The van der Waals surface area contributed by atoms with Crippen LogP contribution in [0.2, 0.25) is 0 Å². The molecule has 1 aliphatic rings. The summed E-state index contributed by atoms with van der Waals surface area (Å²) in [5, 5.41) is 14.0. The molecule has 1 aromatic rings. The van der Waals surface area contributed by atoms with Gasteiger partial charge in [0.1, 0.15) is 10.6 Å². The van der Waals surface area contributed by atoms with Crippen molar-refractivity contribution in [2.45, 2.75) is 17.7 Å². The Balaban J connectivity index is 2.19. The molecular formula is C13H17NO6S. The Morgan fingerprint density at radius 2 is 2.05 bits per heavy atom. The molecule has 7 nitrogen and oxygen atoms in total. The fraction of sp³-hybridized carbons (Fsp3) is 0.462. The van der Waals surface area contributed by atoms with Crippen molar-refractivity contribution in [1.82, 2.24) is 0 Å². The lowest BCUT2D eigenvalue weighted by Gasteiger charge is -2.22. The van der Waals surface area contributed by atoms with Crippen molar-refractivity contribution in [3.05, 3.63) is 23.8 Å². The number of ether oxygens (including phenoxy) is 2. The van der Waals surface area contributed by atoms with Crippen LogP contribution in [0.5, 0.6) is 5.75 Å². The number of aromatic carboxylic acids is 1. The Morgan fingerprint density at radius 3 is 2.62 bits per heavy atom. The minimum atomic E-state index is -4.06. The topological polar surface area (TPSA) is 116 Å². The van der Waals surface area contributed by atoms with Gasteiger partial charge in [0.15, 0.2) is 0 Å². The number of hydrogen-bond donors (Lipinski definition) is 2. The molecule has 2 rings (SSSR count). The maximum atomic E-state index is 11.6. The maximum Gasteiger partial charge on any atom is 0.335 e. The van der Waals surface area contributed by atoms with E-state index in [1.54, 1.807) is 0 Å². The Labute approximate surface area is 122 Å². The van der Waals surface area contributed by atoms with Crippen LogP contribution in [-0.2, 0) is 14.8 Å². The molecule has 0 radical (unpaired) electrons. The smallest absolute Gasteiger partial charge is 0.335 e. The minimum absolute atomic E-state index is 0.0778. The first kappa shape index (κ1) is 15.7. The summed E-state index contributed by atoms with van der Waals surface area (Å²) in [6.45, 7) is 1.67. The molecule has 21 heavy (non-hydrogen) atoms. The van der Waals surface area contributed by atoms with Gasteiger partial charge in [-0.2, -0.15) is 0 Å². The lowest BCUT2D eigenvalue weighted by atomic mass is 10.0. The first-order chi connectivity index (χ1) is 9.88. The second-order valence-electron chi connectivity index (χ2n) is 4.88. The van der Waals surface area contributed by atoms with E-state index in [0.717, 1.165) is 18.9 Å². The highest BCUT2D eigenvalue weighted by Crippen LogP contribution is 2.26. The van der Waals surface area contributed by atoms with Crippen molar-refractivity contribution in [2.75, 3.05) is 19.8 Å². The first-order valence-corrected chi connectivity index (χ1v) is 8.03. The van der Waals surface area contributed by atoms with Crippen LogP contribution in [0, 0.1) is 5.92 Å². The molecule has 0 atom stereocenters. The summed E-state index contributed by atoms with van der Waals surface area (Å²) in [5.74, 6) is -0.865. The molecule has 1 heterocycles. The Morgan fingerprint density at radius 1 is 1.38 bits per heavy atom. The normalized spacial score (nSPS) is 16.6. The number of carbonyl (C=O) groups is 1. The molecule has 0 unspecified atom stereocenters. The van der Waals surface area contributed by atoms with E-state index in [0.29, 0.717) is 19.8 Å². The molecule has 1 saturated heterocycles. The van der Waals surface area contributed by atoms with Crippen LogP contribution >= 0.6 is 0 Å². The molecule has 1 aliphatic heterocycles. The number of hydrogen-bond acceptors (Lipinski definition) is 5. The first-order valence-electron chi connectivity index (χ1n) is 6.48. The molecule has 0 amide bonds. The molecule has 1 aromatic carbocycles. The zero-order valence-corrected chi connectivity index (χ0v) is 12.1. The number of rotatable bonds is 5. The summed E-state index contributed by atoms with van der Waals surface area (Å²) in [4.78, 5) is 10.6. The monoisotopic (exact) mass is 315 g/mol. The third kappa shape index (κ3) is 4.16. The van der Waals surface area contributed by atoms with E-state index in [1.165, 1.54) is 12.1 Å². The van der Waals surface area contributed by atoms with Crippen molar-refractivity contribution in [3.8, 4) is 5.75 Å². The number of carboxylic acid groups (broad SMARTS) is 1. The molecule has 0 saturated carbocycles. The van der Waals surface area contributed by atoms with E-state index in [4.69, 9.17) is 19.7 Å². The van der Waals surface area contributed by atoms with Gasteiger partial charge in [0.25, 0.3) is 0 Å². The standard InChI is InChI=1S/C13H17NO6S/c14-21(17,18)12-7-10(13(15)16)1-2-11(12)20-8-9-3-5-19-6-4-9/h1-2,7,9H,3-6,8H2,(H,15,16)(H2,14,17,18). The maximum absolute atomic E-state index is 11.6.